The molecule has 0 bridgehead atoms. The molecule has 168 valence electrons. The third kappa shape index (κ3) is 5.18. The zero-order valence-corrected chi connectivity index (χ0v) is 18.3. The molecule has 2 fully saturated rings. The van der Waals surface area contributed by atoms with Crippen molar-refractivity contribution in [1.29, 1.82) is 0 Å². The van der Waals surface area contributed by atoms with Crippen molar-refractivity contribution in [2.24, 2.45) is 5.92 Å². The van der Waals surface area contributed by atoms with Crippen LogP contribution in [0, 0.1) is 17.8 Å². The van der Waals surface area contributed by atoms with Crippen molar-refractivity contribution in [1.82, 2.24) is 5.48 Å². The van der Waals surface area contributed by atoms with Gasteiger partial charge in [0.25, 0.3) is 5.91 Å². The molecule has 1 aromatic rings. The van der Waals surface area contributed by atoms with E-state index in [1.165, 1.54) is 17.3 Å². The summed E-state index contributed by atoms with van der Waals surface area (Å²) in [6.45, 7) is 2.73. The quantitative estimate of drug-likeness (QED) is 0.396. The van der Waals surface area contributed by atoms with Crippen LogP contribution in [0.3, 0.4) is 0 Å². The van der Waals surface area contributed by atoms with E-state index in [9.17, 15) is 18.0 Å². The molecule has 0 saturated carbocycles. The Balaban J connectivity index is 1.68. The molecule has 0 radical (unpaired) electrons. The molecule has 2 heterocycles. The zero-order chi connectivity index (χ0) is 22.6. The number of cyclic esters (lactones) is 1. The van der Waals surface area contributed by atoms with Gasteiger partial charge in [-0.2, -0.15) is 0 Å². The van der Waals surface area contributed by atoms with Crippen LogP contribution in [0.5, 0.6) is 0 Å². The molecule has 9 nitrogen and oxygen atoms in total. The Kier molecular flexibility index (Phi) is 6.89. The van der Waals surface area contributed by atoms with Crippen molar-refractivity contribution >= 4 is 27.5 Å². The standard InChI is InChI=1S/C21H26N2O7S/c1-21(19(24)22-26,31(2,27)28)13-18-14-23(20(25)30-18)17-7-5-15(6-8-17)3-4-16-9-11-29-12-10-16/h5-8,16,18,26H,9-14H2,1-2H3,(H,22,24)/t18-,21+/m0/s1. The molecule has 2 aliphatic rings. The summed E-state index contributed by atoms with van der Waals surface area (Å²) < 4.78 is 33.0. The number of benzene rings is 1. The van der Waals surface area contributed by atoms with Gasteiger partial charge in [-0.1, -0.05) is 11.8 Å². The number of sulfone groups is 1. The summed E-state index contributed by atoms with van der Waals surface area (Å²) in [4.78, 5) is 25.7. The fourth-order valence-electron chi connectivity index (χ4n) is 3.56. The third-order valence-corrected chi connectivity index (χ3v) is 7.70. The minimum absolute atomic E-state index is 0.0791. The lowest BCUT2D eigenvalue weighted by molar-refractivity contribution is -0.132. The van der Waals surface area contributed by atoms with Gasteiger partial charge in [-0.15, -0.1) is 0 Å². The highest BCUT2D eigenvalue weighted by atomic mass is 32.2. The first-order valence-corrected chi connectivity index (χ1v) is 11.8. The van der Waals surface area contributed by atoms with Gasteiger partial charge in [0.05, 0.1) is 6.54 Å². The van der Waals surface area contributed by atoms with Crippen molar-refractivity contribution in [3.8, 4) is 11.8 Å². The van der Waals surface area contributed by atoms with Gasteiger partial charge in [-0.3, -0.25) is 14.9 Å². The lowest BCUT2D eigenvalue weighted by Gasteiger charge is -2.26. The Morgan fingerprint density at radius 1 is 1.29 bits per heavy atom. The van der Waals surface area contributed by atoms with Crippen molar-refractivity contribution in [3.63, 3.8) is 0 Å². The Labute approximate surface area is 181 Å². The number of nitrogens with zero attached hydrogens (tertiary/aromatic N) is 1. The van der Waals surface area contributed by atoms with E-state index in [1.54, 1.807) is 12.1 Å². The summed E-state index contributed by atoms with van der Waals surface area (Å²) in [5.41, 5.74) is 2.79. The normalized spacial score (nSPS) is 21.6. The fraction of sp³-hybridized carbons (Fsp3) is 0.524. The second-order valence-corrected chi connectivity index (χ2v) is 10.4. The van der Waals surface area contributed by atoms with Crippen molar-refractivity contribution in [2.75, 3.05) is 30.9 Å². The zero-order valence-electron chi connectivity index (χ0n) is 17.5. The predicted octanol–water partition coefficient (Wildman–Crippen LogP) is 1.49. The minimum atomic E-state index is -3.89. The van der Waals surface area contributed by atoms with Gasteiger partial charge < -0.3 is 9.47 Å². The Morgan fingerprint density at radius 3 is 2.52 bits per heavy atom. The van der Waals surface area contributed by atoms with Gasteiger partial charge in [-0.25, -0.2) is 18.7 Å². The van der Waals surface area contributed by atoms with E-state index in [4.69, 9.17) is 14.7 Å². The first-order valence-electron chi connectivity index (χ1n) is 9.95. The highest BCUT2D eigenvalue weighted by Gasteiger charge is 2.48. The second kappa shape index (κ2) is 9.26. The number of carbonyl (C=O) groups is 2. The van der Waals surface area contributed by atoms with E-state index in [0.717, 1.165) is 37.9 Å². The van der Waals surface area contributed by atoms with Crippen LogP contribution >= 0.6 is 0 Å². The second-order valence-electron chi connectivity index (χ2n) is 7.97. The first-order chi connectivity index (χ1) is 14.6. The number of rotatable bonds is 5. The van der Waals surface area contributed by atoms with Gasteiger partial charge >= 0.3 is 6.09 Å². The number of carbonyl (C=O) groups excluding carboxylic acids is 2. The fourth-order valence-corrected chi connectivity index (χ4v) is 4.43. The molecule has 2 aliphatic heterocycles. The number of hydrogen-bond acceptors (Lipinski definition) is 7. The SMILES string of the molecule is C[C@@](C[C@H]1CN(c2ccc(C#CC3CCOCC3)cc2)C(=O)O1)(C(=O)NO)S(C)(=O)=O. The maximum atomic E-state index is 12.3. The van der Waals surface area contributed by atoms with E-state index >= 15 is 0 Å². The summed E-state index contributed by atoms with van der Waals surface area (Å²) in [5, 5.41) is 8.94. The molecule has 2 atom stereocenters. The largest absolute Gasteiger partial charge is 0.444 e. The molecule has 3 rings (SSSR count). The van der Waals surface area contributed by atoms with Crippen LogP contribution in [0.2, 0.25) is 0 Å². The number of nitrogens with one attached hydrogen (secondary N) is 1. The van der Waals surface area contributed by atoms with Crippen LogP contribution in [0.4, 0.5) is 10.5 Å². The summed E-state index contributed by atoms with van der Waals surface area (Å²) in [6, 6.07) is 7.10. The van der Waals surface area contributed by atoms with E-state index in [0.29, 0.717) is 11.6 Å². The molecule has 0 unspecified atom stereocenters. The molecular weight excluding hydrogens is 424 g/mol. The molecule has 2 N–H and O–H groups in total. The molecule has 10 heteroatoms. The smallest absolute Gasteiger partial charge is 0.414 e. The summed E-state index contributed by atoms with van der Waals surface area (Å²) in [5.74, 6) is 5.64. The summed E-state index contributed by atoms with van der Waals surface area (Å²) in [6.07, 6.45) is 0.995. The monoisotopic (exact) mass is 450 g/mol. The Hall–Kier alpha value is -2.61. The van der Waals surface area contributed by atoms with E-state index in [-0.39, 0.29) is 13.0 Å². The number of amides is 2. The highest BCUT2D eigenvalue weighted by Crippen LogP contribution is 2.30. The lowest BCUT2D eigenvalue weighted by Crippen LogP contribution is -2.51. The van der Waals surface area contributed by atoms with Crippen LogP contribution in [0.1, 0.15) is 31.7 Å². The average molecular weight is 451 g/mol. The predicted molar refractivity (Wildman–Crippen MR) is 112 cm³/mol. The van der Waals surface area contributed by atoms with Crippen LogP contribution in [-0.2, 0) is 24.1 Å². The number of hydrogen-bond donors (Lipinski definition) is 2. The van der Waals surface area contributed by atoms with Crippen LogP contribution in [0.25, 0.3) is 0 Å². The number of ether oxygens (including phenoxy) is 2. The molecule has 2 amide bonds. The van der Waals surface area contributed by atoms with Crippen molar-refractivity contribution in [3.05, 3.63) is 29.8 Å². The maximum Gasteiger partial charge on any atom is 0.414 e. The average Bonchev–Trinajstić information content (AvgIpc) is 3.11. The summed E-state index contributed by atoms with van der Waals surface area (Å²) >= 11 is 0. The molecule has 1 aromatic carbocycles. The lowest BCUT2D eigenvalue weighted by atomic mass is 10.0. The Morgan fingerprint density at radius 2 is 1.94 bits per heavy atom. The van der Waals surface area contributed by atoms with Gasteiger partial charge in [0, 0.05) is 43.1 Å². The van der Waals surface area contributed by atoms with Gasteiger partial charge in [0.15, 0.2) is 14.6 Å². The third-order valence-electron chi connectivity index (χ3n) is 5.71. The van der Waals surface area contributed by atoms with Crippen LogP contribution in [0.15, 0.2) is 24.3 Å². The number of anilines is 1. The minimum Gasteiger partial charge on any atom is -0.444 e. The summed E-state index contributed by atoms with van der Waals surface area (Å²) in [7, 11) is -3.89. The number of hydroxylamine groups is 1. The molecule has 31 heavy (non-hydrogen) atoms. The maximum absolute atomic E-state index is 12.3. The first kappa shape index (κ1) is 23.1. The molecule has 0 aromatic heterocycles. The van der Waals surface area contributed by atoms with E-state index in [2.05, 4.69) is 11.8 Å². The van der Waals surface area contributed by atoms with Crippen LogP contribution < -0.4 is 10.4 Å². The molecule has 2 saturated heterocycles. The van der Waals surface area contributed by atoms with Crippen LogP contribution in [-0.4, -0.2) is 62.5 Å². The molecule has 0 spiro atoms. The van der Waals surface area contributed by atoms with Gasteiger partial charge in [0.1, 0.15) is 6.10 Å². The van der Waals surface area contributed by atoms with Crippen molar-refractivity contribution in [2.45, 2.75) is 37.0 Å². The van der Waals surface area contributed by atoms with Gasteiger partial charge in [-0.05, 0) is 44.0 Å². The molecular formula is C21H26N2O7S. The highest BCUT2D eigenvalue weighted by molar-refractivity contribution is 7.92. The van der Waals surface area contributed by atoms with E-state index < -0.39 is 32.7 Å². The Bertz CT molecular complexity index is 991. The topological polar surface area (TPSA) is 122 Å². The van der Waals surface area contributed by atoms with Crippen molar-refractivity contribution < 1.29 is 32.7 Å². The molecule has 0 aliphatic carbocycles. The van der Waals surface area contributed by atoms with Gasteiger partial charge in [0.2, 0.25) is 0 Å². The van der Waals surface area contributed by atoms with E-state index in [1.807, 2.05) is 12.1 Å².